The third kappa shape index (κ3) is 4.44. The molecule has 8 nitrogen and oxygen atoms in total. The first-order valence-corrected chi connectivity index (χ1v) is 8.91. The van der Waals surface area contributed by atoms with Crippen molar-refractivity contribution in [2.75, 3.05) is 0 Å². The highest BCUT2D eigenvalue weighted by molar-refractivity contribution is 5.90. The van der Waals surface area contributed by atoms with E-state index in [-0.39, 0.29) is 30.1 Å². The molecule has 0 saturated heterocycles. The molecule has 2 N–H and O–H groups in total. The third-order valence-corrected chi connectivity index (χ3v) is 4.76. The van der Waals surface area contributed by atoms with E-state index in [1.807, 2.05) is 13.0 Å². The molecule has 1 saturated carbocycles. The van der Waals surface area contributed by atoms with Crippen molar-refractivity contribution in [3.63, 3.8) is 0 Å². The summed E-state index contributed by atoms with van der Waals surface area (Å²) >= 11 is 0. The minimum absolute atomic E-state index is 0.0326. The zero-order chi connectivity index (χ0) is 18.5. The number of carbonyl (C=O) groups is 2. The van der Waals surface area contributed by atoms with Crippen molar-refractivity contribution in [2.24, 2.45) is 5.92 Å². The van der Waals surface area contributed by atoms with Gasteiger partial charge in [0.05, 0.1) is 5.69 Å². The predicted molar refractivity (Wildman–Crippen MR) is 94.0 cm³/mol. The molecule has 2 aromatic rings. The molecule has 0 spiro atoms. The van der Waals surface area contributed by atoms with Gasteiger partial charge in [-0.2, -0.15) is 5.10 Å². The van der Waals surface area contributed by atoms with Gasteiger partial charge in [-0.1, -0.05) is 12.8 Å². The van der Waals surface area contributed by atoms with Gasteiger partial charge in [0.1, 0.15) is 0 Å². The van der Waals surface area contributed by atoms with Gasteiger partial charge in [-0.3, -0.25) is 9.59 Å². The number of carboxylic acid groups (broad SMARTS) is 1. The summed E-state index contributed by atoms with van der Waals surface area (Å²) in [6.07, 6.45) is 7.91. The summed E-state index contributed by atoms with van der Waals surface area (Å²) in [7, 11) is 0. The summed E-state index contributed by atoms with van der Waals surface area (Å²) in [5.41, 5.74) is 0.859. The molecule has 0 bridgehead atoms. The molecule has 2 atom stereocenters. The van der Waals surface area contributed by atoms with Crippen molar-refractivity contribution in [1.82, 2.24) is 25.1 Å². The first-order chi connectivity index (χ1) is 12.5. The van der Waals surface area contributed by atoms with Crippen LogP contribution < -0.4 is 5.32 Å². The summed E-state index contributed by atoms with van der Waals surface area (Å²) < 4.78 is 1.60. The van der Waals surface area contributed by atoms with Gasteiger partial charge in [0, 0.05) is 30.9 Å². The molecule has 3 rings (SSSR count). The fourth-order valence-corrected chi connectivity index (χ4v) is 3.41. The van der Waals surface area contributed by atoms with Crippen LogP contribution in [0, 0.1) is 12.8 Å². The number of hydrogen-bond donors (Lipinski definition) is 2. The van der Waals surface area contributed by atoms with Gasteiger partial charge < -0.3 is 10.4 Å². The minimum Gasteiger partial charge on any atom is -0.481 e. The summed E-state index contributed by atoms with van der Waals surface area (Å²) in [6, 6.07) is 3.52. The Kier molecular flexibility index (Phi) is 5.60. The largest absolute Gasteiger partial charge is 0.481 e. The number of aryl methyl sites for hydroxylation is 1. The third-order valence-electron chi connectivity index (χ3n) is 4.76. The van der Waals surface area contributed by atoms with Crippen LogP contribution in [-0.2, 0) is 4.79 Å². The summed E-state index contributed by atoms with van der Waals surface area (Å²) in [4.78, 5) is 31.8. The van der Waals surface area contributed by atoms with Crippen LogP contribution in [0.25, 0.3) is 5.82 Å². The number of amides is 1. The normalized spacial score (nSPS) is 19.9. The van der Waals surface area contributed by atoms with E-state index in [1.54, 1.807) is 16.9 Å². The highest BCUT2D eigenvalue weighted by Crippen LogP contribution is 2.28. The summed E-state index contributed by atoms with van der Waals surface area (Å²) in [5, 5.41) is 16.2. The number of hydrogen-bond acceptors (Lipinski definition) is 5. The monoisotopic (exact) mass is 357 g/mol. The molecule has 2 heterocycles. The summed E-state index contributed by atoms with van der Waals surface area (Å²) in [6.45, 7) is 1.88. The van der Waals surface area contributed by atoms with Crippen molar-refractivity contribution >= 4 is 11.9 Å². The second-order valence-electron chi connectivity index (χ2n) is 6.70. The van der Waals surface area contributed by atoms with Gasteiger partial charge in [0.15, 0.2) is 5.82 Å². The van der Waals surface area contributed by atoms with Gasteiger partial charge in [0.2, 0.25) is 5.82 Å². The molecule has 0 aliphatic heterocycles. The van der Waals surface area contributed by atoms with Crippen LogP contribution in [-0.4, -0.2) is 42.8 Å². The molecule has 2 aromatic heterocycles. The Morgan fingerprint density at radius 2 is 2.12 bits per heavy atom. The summed E-state index contributed by atoms with van der Waals surface area (Å²) in [5.74, 6) is -0.322. The lowest BCUT2D eigenvalue weighted by Crippen LogP contribution is -2.42. The van der Waals surface area contributed by atoms with Crippen LogP contribution in [0.1, 0.15) is 54.8 Å². The molecule has 1 fully saturated rings. The Bertz CT molecular complexity index is 789. The molecular formula is C18H23N5O3. The number of aliphatic carboxylic acids is 1. The van der Waals surface area contributed by atoms with Crippen molar-refractivity contribution in [1.29, 1.82) is 0 Å². The number of rotatable bonds is 6. The number of carbonyl (C=O) groups excluding carboxylic acids is 1. The molecule has 2 unspecified atom stereocenters. The molecule has 138 valence electrons. The van der Waals surface area contributed by atoms with E-state index in [0.29, 0.717) is 12.2 Å². The molecule has 0 radical (unpaired) electrons. The van der Waals surface area contributed by atoms with E-state index in [9.17, 15) is 9.59 Å². The van der Waals surface area contributed by atoms with Crippen LogP contribution in [0.4, 0.5) is 0 Å². The fraction of sp³-hybridized carbons (Fsp3) is 0.500. The first-order valence-electron chi connectivity index (χ1n) is 8.91. The van der Waals surface area contributed by atoms with Crippen LogP contribution in [0.5, 0.6) is 0 Å². The lowest BCUT2D eigenvalue weighted by Gasteiger charge is -2.31. The van der Waals surface area contributed by atoms with Crippen molar-refractivity contribution in [2.45, 2.75) is 51.5 Å². The molecule has 1 amide bonds. The zero-order valence-corrected chi connectivity index (χ0v) is 14.8. The molecule has 1 aliphatic rings. The number of carboxylic acids is 1. The Hall–Kier alpha value is -2.77. The Morgan fingerprint density at radius 1 is 1.31 bits per heavy atom. The zero-order valence-electron chi connectivity index (χ0n) is 14.8. The van der Waals surface area contributed by atoms with Crippen molar-refractivity contribution < 1.29 is 14.7 Å². The van der Waals surface area contributed by atoms with Gasteiger partial charge in [-0.05, 0) is 38.2 Å². The highest BCUT2D eigenvalue weighted by atomic mass is 16.4. The SMILES string of the molecule is Cc1ccn(-c2ccnc(C(=O)NC3CCCCC3CCC(=O)O)n2)n1. The van der Waals surface area contributed by atoms with Crippen molar-refractivity contribution in [3.8, 4) is 5.82 Å². The van der Waals surface area contributed by atoms with E-state index in [4.69, 9.17) is 5.11 Å². The fourth-order valence-electron chi connectivity index (χ4n) is 3.41. The van der Waals surface area contributed by atoms with Crippen molar-refractivity contribution in [3.05, 3.63) is 36.0 Å². The number of aromatic nitrogens is 4. The Labute approximate surface area is 151 Å². The molecular weight excluding hydrogens is 334 g/mol. The van der Waals surface area contributed by atoms with E-state index in [0.717, 1.165) is 31.4 Å². The van der Waals surface area contributed by atoms with Crippen LogP contribution in [0.15, 0.2) is 24.5 Å². The maximum absolute atomic E-state index is 12.6. The van der Waals surface area contributed by atoms with Gasteiger partial charge in [0.25, 0.3) is 5.91 Å². The topological polar surface area (TPSA) is 110 Å². The van der Waals surface area contributed by atoms with Crippen LogP contribution >= 0.6 is 0 Å². The van der Waals surface area contributed by atoms with Gasteiger partial charge in [-0.25, -0.2) is 14.6 Å². The second-order valence-corrected chi connectivity index (χ2v) is 6.70. The van der Waals surface area contributed by atoms with Crippen LogP contribution in [0.3, 0.4) is 0 Å². The van der Waals surface area contributed by atoms with E-state index in [2.05, 4.69) is 20.4 Å². The lowest BCUT2D eigenvalue weighted by molar-refractivity contribution is -0.137. The average molecular weight is 357 g/mol. The maximum Gasteiger partial charge on any atom is 0.303 e. The van der Waals surface area contributed by atoms with E-state index in [1.165, 1.54) is 6.20 Å². The predicted octanol–water partition coefficient (Wildman–Crippen LogP) is 2.12. The number of nitrogens with one attached hydrogen (secondary N) is 1. The quantitative estimate of drug-likeness (QED) is 0.819. The van der Waals surface area contributed by atoms with Gasteiger partial charge >= 0.3 is 5.97 Å². The Balaban J connectivity index is 1.69. The average Bonchev–Trinajstić information content (AvgIpc) is 3.07. The molecule has 1 aliphatic carbocycles. The highest BCUT2D eigenvalue weighted by Gasteiger charge is 2.27. The Morgan fingerprint density at radius 3 is 2.85 bits per heavy atom. The number of nitrogens with zero attached hydrogens (tertiary/aromatic N) is 4. The molecule has 0 aromatic carbocycles. The van der Waals surface area contributed by atoms with E-state index < -0.39 is 5.97 Å². The minimum atomic E-state index is -0.800. The van der Waals surface area contributed by atoms with Gasteiger partial charge in [-0.15, -0.1) is 0 Å². The standard InChI is InChI=1S/C18H23N5O3/c1-12-9-11-23(22-12)15-8-10-19-17(21-15)18(26)20-14-5-3-2-4-13(14)6-7-16(24)25/h8-11,13-14H,2-7H2,1H3,(H,20,26)(H,24,25). The molecule has 26 heavy (non-hydrogen) atoms. The first kappa shape index (κ1) is 18.0. The molecule has 8 heteroatoms. The van der Waals surface area contributed by atoms with Crippen LogP contribution in [0.2, 0.25) is 0 Å². The lowest BCUT2D eigenvalue weighted by atomic mass is 9.81. The smallest absolute Gasteiger partial charge is 0.303 e. The second kappa shape index (κ2) is 8.07. The van der Waals surface area contributed by atoms with E-state index >= 15 is 0 Å². The maximum atomic E-state index is 12.6.